The average Bonchev–Trinajstić information content (AvgIpc) is 2.66. The predicted molar refractivity (Wildman–Crippen MR) is 78.7 cm³/mol. The summed E-state index contributed by atoms with van der Waals surface area (Å²) in [4.78, 5) is 14.3. The molecular weight excluding hydrogens is 236 g/mol. The van der Waals surface area contributed by atoms with Gasteiger partial charge in [-0.1, -0.05) is 46.5 Å². The van der Waals surface area contributed by atoms with Crippen molar-refractivity contribution in [2.75, 3.05) is 6.54 Å². The predicted octanol–water partition coefficient (Wildman–Crippen LogP) is 3.01. The Bertz CT molecular complexity index is 308. The van der Waals surface area contributed by atoms with E-state index in [1.54, 1.807) is 0 Å². The molecule has 1 saturated carbocycles. The van der Waals surface area contributed by atoms with Crippen LogP contribution >= 0.6 is 0 Å². The molecule has 1 aliphatic heterocycles. The highest BCUT2D eigenvalue weighted by Crippen LogP contribution is 2.31. The van der Waals surface area contributed by atoms with Crippen LogP contribution in [0.3, 0.4) is 0 Å². The van der Waals surface area contributed by atoms with Crippen LogP contribution in [0.4, 0.5) is 0 Å². The van der Waals surface area contributed by atoms with Crippen LogP contribution in [0.25, 0.3) is 0 Å². The molecule has 1 N–H and O–H groups in total. The standard InChI is InChI=1S/C16H30N2O/c1-11(2)15-17-13(4)16(19)18(15)10-9-14-7-5-12(3)6-8-14/h11-15,17H,5-10H2,1-4H3. The molecule has 1 aliphatic carbocycles. The second-order valence-corrected chi connectivity index (χ2v) is 7.02. The molecule has 3 nitrogen and oxygen atoms in total. The molecule has 2 unspecified atom stereocenters. The molecular formula is C16H30N2O. The van der Waals surface area contributed by atoms with Gasteiger partial charge in [-0.25, -0.2) is 0 Å². The third-order valence-corrected chi connectivity index (χ3v) is 4.96. The summed E-state index contributed by atoms with van der Waals surface area (Å²) < 4.78 is 0. The zero-order valence-electron chi connectivity index (χ0n) is 13.0. The quantitative estimate of drug-likeness (QED) is 0.848. The van der Waals surface area contributed by atoms with Crippen molar-refractivity contribution >= 4 is 5.91 Å². The topological polar surface area (TPSA) is 32.3 Å². The van der Waals surface area contributed by atoms with Crippen molar-refractivity contribution in [2.45, 2.75) is 72.0 Å². The fourth-order valence-corrected chi connectivity index (χ4v) is 3.54. The number of nitrogens with one attached hydrogen (secondary N) is 1. The lowest BCUT2D eigenvalue weighted by atomic mass is 9.81. The van der Waals surface area contributed by atoms with E-state index in [1.165, 1.54) is 32.1 Å². The van der Waals surface area contributed by atoms with Crippen LogP contribution in [0.5, 0.6) is 0 Å². The van der Waals surface area contributed by atoms with E-state index in [-0.39, 0.29) is 12.2 Å². The second-order valence-electron chi connectivity index (χ2n) is 7.02. The van der Waals surface area contributed by atoms with Gasteiger partial charge in [-0.3, -0.25) is 10.1 Å². The molecule has 1 heterocycles. The number of hydrogen-bond acceptors (Lipinski definition) is 2. The van der Waals surface area contributed by atoms with E-state index in [0.29, 0.717) is 11.8 Å². The maximum atomic E-state index is 12.2. The van der Waals surface area contributed by atoms with Gasteiger partial charge in [-0.05, 0) is 31.1 Å². The molecule has 1 amide bonds. The van der Waals surface area contributed by atoms with Crippen molar-refractivity contribution in [3.8, 4) is 0 Å². The Morgan fingerprint density at radius 1 is 1.21 bits per heavy atom. The van der Waals surface area contributed by atoms with Gasteiger partial charge in [0, 0.05) is 6.54 Å². The minimum Gasteiger partial charge on any atom is -0.326 e. The molecule has 3 heteroatoms. The van der Waals surface area contributed by atoms with Gasteiger partial charge in [-0.15, -0.1) is 0 Å². The van der Waals surface area contributed by atoms with Crippen LogP contribution in [-0.2, 0) is 4.79 Å². The highest BCUT2D eigenvalue weighted by molar-refractivity contribution is 5.83. The summed E-state index contributed by atoms with van der Waals surface area (Å²) in [7, 11) is 0. The molecule has 110 valence electrons. The zero-order valence-corrected chi connectivity index (χ0v) is 13.0. The van der Waals surface area contributed by atoms with Crippen molar-refractivity contribution in [1.82, 2.24) is 10.2 Å². The summed E-state index contributed by atoms with van der Waals surface area (Å²) in [5.41, 5.74) is 0. The van der Waals surface area contributed by atoms with Gasteiger partial charge in [-0.2, -0.15) is 0 Å². The minimum atomic E-state index is -0.00113. The Morgan fingerprint density at radius 3 is 2.42 bits per heavy atom. The zero-order chi connectivity index (χ0) is 14.0. The van der Waals surface area contributed by atoms with E-state index in [1.807, 2.05) is 6.92 Å². The largest absolute Gasteiger partial charge is 0.326 e. The van der Waals surface area contributed by atoms with Crippen LogP contribution in [0, 0.1) is 17.8 Å². The molecule has 2 atom stereocenters. The maximum absolute atomic E-state index is 12.2. The van der Waals surface area contributed by atoms with E-state index in [4.69, 9.17) is 0 Å². The first kappa shape index (κ1) is 14.8. The van der Waals surface area contributed by atoms with E-state index in [2.05, 4.69) is 31.0 Å². The van der Waals surface area contributed by atoms with E-state index in [0.717, 1.165) is 18.4 Å². The van der Waals surface area contributed by atoms with Gasteiger partial charge < -0.3 is 4.90 Å². The van der Waals surface area contributed by atoms with Gasteiger partial charge in [0.1, 0.15) is 0 Å². The fraction of sp³-hybridized carbons (Fsp3) is 0.938. The SMILES string of the molecule is CC1CCC(CCN2C(=O)C(C)NC2C(C)C)CC1. The van der Waals surface area contributed by atoms with Crippen molar-refractivity contribution in [1.29, 1.82) is 0 Å². The molecule has 0 bridgehead atoms. The van der Waals surface area contributed by atoms with Crippen molar-refractivity contribution in [3.63, 3.8) is 0 Å². The lowest BCUT2D eigenvalue weighted by Crippen LogP contribution is -2.42. The summed E-state index contributed by atoms with van der Waals surface area (Å²) in [5, 5.41) is 3.42. The highest BCUT2D eigenvalue weighted by Gasteiger charge is 2.37. The average molecular weight is 266 g/mol. The molecule has 2 aliphatic rings. The Hall–Kier alpha value is -0.570. The molecule has 0 spiro atoms. The molecule has 19 heavy (non-hydrogen) atoms. The number of nitrogens with zero attached hydrogens (tertiary/aromatic N) is 1. The van der Waals surface area contributed by atoms with Gasteiger partial charge in [0.05, 0.1) is 12.2 Å². The van der Waals surface area contributed by atoms with Gasteiger partial charge >= 0.3 is 0 Å². The monoisotopic (exact) mass is 266 g/mol. The molecule has 0 aromatic carbocycles. The summed E-state index contributed by atoms with van der Waals surface area (Å²) in [6.07, 6.45) is 6.90. The minimum absolute atomic E-state index is 0.00113. The molecule has 0 radical (unpaired) electrons. The Labute approximate surface area is 118 Å². The third-order valence-electron chi connectivity index (χ3n) is 4.96. The van der Waals surface area contributed by atoms with Crippen molar-refractivity contribution in [2.24, 2.45) is 17.8 Å². The van der Waals surface area contributed by atoms with Gasteiger partial charge in [0.15, 0.2) is 0 Å². The third kappa shape index (κ3) is 3.50. The first-order chi connectivity index (χ1) is 8.99. The first-order valence-electron chi connectivity index (χ1n) is 8.05. The Morgan fingerprint density at radius 2 is 1.84 bits per heavy atom. The summed E-state index contributed by atoms with van der Waals surface area (Å²) >= 11 is 0. The van der Waals surface area contributed by atoms with E-state index >= 15 is 0 Å². The molecule has 0 aromatic rings. The van der Waals surface area contributed by atoms with Crippen molar-refractivity contribution < 1.29 is 4.79 Å². The Balaban J connectivity index is 1.85. The van der Waals surface area contributed by atoms with Crippen LogP contribution in [-0.4, -0.2) is 29.6 Å². The maximum Gasteiger partial charge on any atom is 0.240 e. The smallest absolute Gasteiger partial charge is 0.240 e. The van der Waals surface area contributed by atoms with Crippen LogP contribution in [0.15, 0.2) is 0 Å². The number of carbonyl (C=O) groups is 1. The van der Waals surface area contributed by atoms with E-state index < -0.39 is 0 Å². The van der Waals surface area contributed by atoms with Crippen LogP contribution < -0.4 is 5.32 Å². The second kappa shape index (κ2) is 6.25. The molecule has 2 rings (SSSR count). The van der Waals surface area contributed by atoms with Crippen LogP contribution in [0.1, 0.15) is 59.8 Å². The van der Waals surface area contributed by atoms with Gasteiger partial charge in [0.25, 0.3) is 0 Å². The number of rotatable bonds is 4. The van der Waals surface area contributed by atoms with Crippen LogP contribution in [0.2, 0.25) is 0 Å². The first-order valence-corrected chi connectivity index (χ1v) is 8.05. The van der Waals surface area contributed by atoms with Gasteiger partial charge in [0.2, 0.25) is 5.91 Å². The fourth-order valence-electron chi connectivity index (χ4n) is 3.54. The highest BCUT2D eigenvalue weighted by atomic mass is 16.2. The normalized spacial score (nSPS) is 36.3. The number of carbonyl (C=O) groups excluding carboxylic acids is 1. The van der Waals surface area contributed by atoms with Crippen molar-refractivity contribution in [3.05, 3.63) is 0 Å². The Kier molecular flexibility index (Phi) is 4.88. The number of amides is 1. The summed E-state index contributed by atoms with van der Waals surface area (Å²) in [6, 6.07) is -0.00113. The summed E-state index contributed by atoms with van der Waals surface area (Å²) in [6.45, 7) is 9.68. The molecule has 1 saturated heterocycles. The lowest BCUT2D eigenvalue weighted by molar-refractivity contribution is -0.130. The van der Waals surface area contributed by atoms with E-state index in [9.17, 15) is 4.79 Å². The molecule has 0 aromatic heterocycles. The molecule has 2 fully saturated rings. The number of hydrogen-bond donors (Lipinski definition) is 1. The summed E-state index contributed by atoms with van der Waals surface area (Å²) in [5.74, 6) is 2.53. The lowest BCUT2D eigenvalue weighted by Gasteiger charge is -2.31.